The first kappa shape index (κ1) is 12.8. The average Bonchev–Trinajstić information content (AvgIpc) is 2.34. The molecule has 2 fully saturated rings. The summed E-state index contributed by atoms with van der Waals surface area (Å²) in [5.41, 5.74) is 5.55. The molecule has 2 aliphatic rings. The summed E-state index contributed by atoms with van der Waals surface area (Å²) in [6.07, 6.45) is 3.75. The van der Waals surface area contributed by atoms with Crippen molar-refractivity contribution in [2.24, 2.45) is 23.0 Å². The first-order chi connectivity index (χ1) is 8.11. The fourth-order valence-electron chi connectivity index (χ4n) is 3.36. The Balaban J connectivity index is 1.92. The van der Waals surface area contributed by atoms with Crippen LogP contribution in [0.2, 0.25) is 0 Å². The highest BCUT2D eigenvalue weighted by atomic mass is 16.3. The first-order valence-corrected chi connectivity index (χ1v) is 6.71. The van der Waals surface area contributed by atoms with Gasteiger partial charge in [0.1, 0.15) is 0 Å². The van der Waals surface area contributed by atoms with Gasteiger partial charge in [0.05, 0.1) is 5.41 Å². The van der Waals surface area contributed by atoms with Crippen LogP contribution in [0.25, 0.3) is 0 Å². The molecule has 17 heavy (non-hydrogen) atoms. The Kier molecular flexibility index (Phi) is 3.73. The van der Waals surface area contributed by atoms with E-state index in [9.17, 15) is 4.79 Å². The zero-order valence-electron chi connectivity index (χ0n) is 10.7. The molecule has 0 atom stereocenters. The molecule has 1 saturated carbocycles. The molecule has 0 aromatic heterocycles. The van der Waals surface area contributed by atoms with Crippen molar-refractivity contribution >= 4 is 5.91 Å². The monoisotopic (exact) mass is 240 g/mol. The summed E-state index contributed by atoms with van der Waals surface area (Å²) in [7, 11) is 0. The minimum atomic E-state index is -0.258. The summed E-state index contributed by atoms with van der Waals surface area (Å²) >= 11 is 0. The summed E-state index contributed by atoms with van der Waals surface area (Å²) in [6, 6.07) is 0. The van der Waals surface area contributed by atoms with E-state index in [1.54, 1.807) is 0 Å². The smallest absolute Gasteiger partial charge is 0.230 e. The van der Waals surface area contributed by atoms with Crippen molar-refractivity contribution in [2.45, 2.75) is 32.6 Å². The molecule has 1 heterocycles. The lowest BCUT2D eigenvalue weighted by Gasteiger charge is -2.48. The quantitative estimate of drug-likeness (QED) is 0.759. The molecule has 4 nitrogen and oxygen atoms in total. The second kappa shape index (κ2) is 4.94. The maximum Gasteiger partial charge on any atom is 0.230 e. The van der Waals surface area contributed by atoms with E-state index in [4.69, 9.17) is 10.8 Å². The second-order valence-corrected chi connectivity index (χ2v) is 5.92. The molecule has 1 aliphatic heterocycles. The maximum absolute atomic E-state index is 12.5. The Bertz CT molecular complexity index is 279. The summed E-state index contributed by atoms with van der Waals surface area (Å²) in [5.74, 6) is 1.28. The molecule has 4 heteroatoms. The van der Waals surface area contributed by atoms with Gasteiger partial charge in [0.15, 0.2) is 0 Å². The molecule has 0 bridgehead atoms. The summed E-state index contributed by atoms with van der Waals surface area (Å²) in [6.45, 7) is 4.50. The number of nitrogens with zero attached hydrogens (tertiary/aromatic N) is 1. The SMILES string of the molecule is CC1CC(CN)(C(=O)N2CCC(CO)CC2)C1. The predicted molar refractivity (Wildman–Crippen MR) is 66.3 cm³/mol. The van der Waals surface area contributed by atoms with E-state index in [2.05, 4.69) is 6.92 Å². The lowest BCUT2D eigenvalue weighted by Crippen LogP contribution is -2.56. The van der Waals surface area contributed by atoms with E-state index in [-0.39, 0.29) is 17.9 Å². The van der Waals surface area contributed by atoms with Crippen LogP contribution in [0.5, 0.6) is 0 Å². The van der Waals surface area contributed by atoms with Gasteiger partial charge in [-0.1, -0.05) is 6.92 Å². The molecule has 0 spiro atoms. The van der Waals surface area contributed by atoms with Crippen LogP contribution in [0.15, 0.2) is 0 Å². The number of hydrogen-bond donors (Lipinski definition) is 2. The number of likely N-dealkylation sites (tertiary alicyclic amines) is 1. The number of carbonyl (C=O) groups excluding carboxylic acids is 1. The molecule has 3 N–H and O–H groups in total. The molecule has 1 aliphatic carbocycles. The molecule has 2 rings (SSSR count). The predicted octanol–water partition coefficient (Wildman–Crippen LogP) is 0.592. The van der Waals surface area contributed by atoms with E-state index in [1.165, 1.54) is 0 Å². The van der Waals surface area contributed by atoms with Gasteiger partial charge in [-0.25, -0.2) is 0 Å². The molecular weight excluding hydrogens is 216 g/mol. The third kappa shape index (κ3) is 2.33. The molecular formula is C13H24N2O2. The zero-order valence-corrected chi connectivity index (χ0v) is 10.7. The van der Waals surface area contributed by atoms with Gasteiger partial charge in [-0.15, -0.1) is 0 Å². The van der Waals surface area contributed by atoms with Crippen LogP contribution in [0.4, 0.5) is 0 Å². The maximum atomic E-state index is 12.5. The number of aliphatic hydroxyl groups is 1. The third-order valence-electron chi connectivity index (χ3n) is 4.48. The Morgan fingerprint density at radius 2 is 2.00 bits per heavy atom. The third-order valence-corrected chi connectivity index (χ3v) is 4.48. The van der Waals surface area contributed by atoms with Crippen molar-refractivity contribution in [1.82, 2.24) is 4.90 Å². The van der Waals surface area contributed by atoms with Crippen molar-refractivity contribution in [1.29, 1.82) is 0 Å². The van der Waals surface area contributed by atoms with Crippen LogP contribution in [0.3, 0.4) is 0 Å². The highest BCUT2D eigenvalue weighted by Crippen LogP contribution is 2.46. The second-order valence-electron chi connectivity index (χ2n) is 5.92. The number of nitrogens with two attached hydrogens (primary N) is 1. The fourth-order valence-corrected chi connectivity index (χ4v) is 3.36. The van der Waals surface area contributed by atoms with Crippen LogP contribution in [-0.4, -0.2) is 42.2 Å². The van der Waals surface area contributed by atoms with Crippen LogP contribution in [0, 0.1) is 17.3 Å². The lowest BCUT2D eigenvalue weighted by atomic mass is 9.61. The minimum absolute atomic E-state index is 0.251. The van der Waals surface area contributed by atoms with Crippen LogP contribution in [0.1, 0.15) is 32.6 Å². The van der Waals surface area contributed by atoms with E-state index in [0.29, 0.717) is 18.4 Å². The van der Waals surface area contributed by atoms with E-state index >= 15 is 0 Å². The molecule has 0 unspecified atom stereocenters. The average molecular weight is 240 g/mol. The molecule has 0 aromatic carbocycles. The Hall–Kier alpha value is -0.610. The zero-order chi connectivity index (χ0) is 12.5. The standard InChI is InChI=1S/C13H24N2O2/c1-10-6-13(7-10,9-14)12(17)15-4-2-11(8-16)3-5-15/h10-11,16H,2-9,14H2,1H3. The Labute approximate surface area is 103 Å². The molecule has 1 amide bonds. The minimum Gasteiger partial charge on any atom is -0.396 e. The van der Waals surface area contributed by atoms with Gasteiger partial charge in [0.2, 0.25) is 5.91 Å². The molecule has 0 aromatic rings. The lowest BCUT2D eigenvalue weighted by molar-refractivity contribution is -0.151. The van der Waals surface area contributed by atoms with E-state index in [1.807, 2.05) is 4.90 Å². The summed E-state index contributed by atoms with van der Waals surface area (Å²) in [5, 5.41) is 9.09. The van der Waals surface area contributed by atoms with Crippen molar-refractivity contribution < 1.29 is 9.90 Å². The van der Waals surface area contributed by atoms with Crippen LogP contribution < -0.4 is 5.73 Å². The number of carbonyl (C=O) groups is 1. The van der Waals surface area contributed by atoms with Crippen LogP contribution in [-0.2, 0) is 4.79 Å². The highest BCUT2D eigenvalue weighted by Gasteiger charge is 2.49. The van der Waals surface area contributed by atoms with Crippen molar-refractivity contribution in [3.63, 3.8) is 0 Å². The van der Waals surface area contributed by atoms with Crippen molar-refractivity contribution in [2.75, 3.05) is 26.2 Å². The summed E-state index contributed by atoms with van der Waals surface area (Å²) in [4.78, 5) is 14.4. The number of piperidine rings is 1. The molecule has 98 valence electrons. The largest absolute Gasteiger partial charge is 0.396 e. The fraction of sp³-hybridized carbons (Fsp3) is 0.923. The van der Waals surface area contributed by atoms with Gasteiger partial charge >= 0.3 is 0 Å². The van der Waals surface area contributed by atoms with Crippen molar-refractivity contribution in [3.05, 3.63) is 0 Å². The molecule has 1 saturated heterocycles. The van der Waals surface area contributed by atoms with E-state index in [0.717, 1.165) is 38.8 Å². The summed E-state index contributed by atoms with van der Waals surface area (Å²) < 4.78 is 0. The number of aliphatic hydroxyl groups excluding tert-OH is 1. The van der Waals surface area contributed by atoms with Crippen molar-refractivity contribution in [3.8, 4) is 0 Å². The van der Waals surface area contributed by atoms with Gasteiger partial charge < -0.3 is 15.7 Å². The topological polar surface area (TPSA) is 66.6 Å². The normalized spacial score (nSPS) is 34.5. The van der Waals surface area contributed by atoms with Gasteiger partial charge in [-0.2, -0.15) is 0 Å². The molecule has 0 radical (unpaired) electrons. The first-order valence-electron chi connectivity index (χ1n) is 6.71. The number of hydrogen-bond acceptors (Lipinski definition) is 3. The Morgan fingerprint density at radius 1 is 1.41 bits per heavy atom. The van der Waals surface area contributed by atoms with Gasteiger partial charge in [0.25, 0.3) is 0 Å². The van der Waals surface area contributed by atoms with Crippen LogP contribution >= 0.6 is 0 Å². The highest BCUT2D eigenvalue weighted by molar-refractivity contribution is 5.84. The van der Waals surface area contributed by atoms with E-state index < -0.39 is 0 Å². The van der Waals surface area contributed by atoms with Gasteiger partial charge in [-0.3, -0.25) is 4.79 Å². The number of rotatable bonds is 3. The number of amides is 1. The Morgan fingerprint density at radius 3 is 2.41 bits per heavy atom. The van der Waals surface area contributed by atoms with Gasteiger partial charge in [0, 0.05) is 26.2 Å². The van der Waals surface area contributed by atoms with Gasteiger partial charge in [-0.05, 0) is 37.5 Å².